The highest BCUT2D eigenvalue weighted by molar-refractivity contribution is 5.85. The lowest BCUT2D eigenvalue weighted by atomic mass is 9.92. The molecule has 1 heterocycles. The number of Topliss-reactive ketones (excluding diaryl/α,β-unsaturated/α-hetero) is 1. The van der Waals surface area contributed by atoms with Crippen molar-refractivity contribution in [2.24, 2.45) is 5.92 Å². The number of hydrogen-bond acceptors (Lipinski definition) is 3. The van der Waals surface area contributed by atoms with Gasteiger partial charge in [0.25, 0.3) is 0 Å². The zero-order valence-corrected chi connectivity index (χ0v) is 14.8. The van der Waals surface area contributed by atoms with Crippen LogP contribution in [0.1, 0.15) is 43.9 Å². The van der Waals surface area contributed by atoms with Crippen LogP contribution < -0.4 is 0 Å². The Bertz CT molecular complexity index is 581. The molecule has 1 amide bonds. The molecule has 2 rings (SSSR count). The molecular weight excluding hydrogens is 290 g/mol. The highest BCUT2D eigenvalue weighted by atomic mass is 16.6. The quantitative estimate of drug-likeness (QED) is 0.854. The molecule has 1 aromatic carbocycles. The first kappa shape index (κ1) is 17.5. The summed E-state index contributed by atoms with van der Waals surface area (Å²) in [6.45, 7) is 10.7. The molecule has 0 aliphatic carbocycles. The number of carbonyl (C=O) groups is 2. The number of amides is 1. The van der Waals surface area contributed by atoms with Crippen LogP contribution in [-0.2, 0) is 16.0 Å². The third-order valence-corrected chi connectivity index (χ3v) is 4.29. The Balaban J connectivity index is 1.96. The molecule has 0 spiro atoms. The molecule has 0 aromatic heterocycles. The van der Waals surface area contributed by atoms with E-state index < -0.39 is 5.60 Å². The molecule has 23 heavy (non-hydrogen) atoms. The van der Waals surface area contributed by atoms with Gasteiger partial charge in [0.05, 0.1) is 0 Å². The normalized spacial score (nSPS) is 18.1. The molecule has 4 heteroatoms. The summed E-state index contributed by atoms with van der Waals surface area (Å²) in [7, 11) is 0. The number of ether oxygens (including phenoxy) is 1. The van der Waals surface area contributed by atoms with Gasteiger partial charge in [0.2, 0.25) is 0 Å². The Morgan fingerprint density at radius 1 is 1.22 bits per heavy atom. The van der Waals surface area contributed by atoms with Gasteiger partial charge >= 0.3 is 6.09 Å². The van der Waals surface area contributed by atoms with Crippen molar-refractivity contribution in [3.05, 3.63) is 34.9 Å². The van der Waals surface area contributed by atoms with Crippen molar-refractivity contribution in [3.63, 3.8) is 0 Å². The summed E-state index contributed by atoms with van der Waals surface area (Å²) in [5.74, 6) is 0.134. The van der Waals surface area contributed by atoms with Crippen LogP contribution in [0.3, 0.4) is 0 Å². The molecule has 0 N–H and O–H groups in total. The second-order valence-corrected chi connectivity index (χ2v) is 7.43. The van der Waals surface area contributed by atoms with Crippen molar-refractivity contribution >= 4 is 11.9 Å². The lowest BCUT2D eigenvalue weighted by Gasteiger charge is -2.24. The van der Waals surface area contributed by atoms with Gasteiger partial charge in [-0.2, -0.15) is 0 Å². The Labute approximate surface area is 138 Å². The third-order valence-electron chi connectivity index (χ3n) is 4.29. The summed E-state index contributed by atoms with van der Waals surface area (Å²) >= 11 is 0. The Hall–Kier alpha value is -1.84. The first-order valence-electron chi connectivity index (χ1n) is 8.23. The van der Waals surface area contributed by atoms with E-state index in [2.05, 4.69) is 0 Å². The summed E-state index contributed by atoms with van der Waals surface area (Å²) in [6.07, 6.45) is 0.855. The largest absolute Gasteiger partial charge is 0.444 e. The SMILES string of the molecule is Cc1cccc(C)c1CC(=O)C1CCN(C(=O)OC(C)(C)C)C1. The molecule has 0 radical (unpaired) electrons. The first-order valence-corrected chi connectivity index (χ1v) is 8.23. The van der Waals surface area contributed by atoms with E-state index in [0.29, 0.717) is 19.5 Å². The molecule has 126 valence electrons. The monoisotopic (exact) mass is 317 g/mol. The van der Waals surface area contributed by atoms with E-state index in [-0.39, 0.29) is 17.8 Å². The first-order chi connectivity index (χ1) is 10.7. The van der Waals surface area contributed by atoms with Crippen molar-refractivity contribution in [2.75, 3.05) is 13.1 Å². The molecular formula is C19H27NO3. The van der Waals surface area contributed by atoms with Gasteiger partial charge in [0.1, 0.15) is 11.4 Å². The van der Waals surface area contributed by atoms with Gasteiger partial charge < -0.3 is 9.64 Å². The average Bonchev–Trinajstić information content (AvgIpc) is 2.91. The fourth-order valence-corrected chi connectivity index (χ4v) is 2.96. The lowest BCUT2D eigenvalue weighted by molar-refractivity contribution is -0.121. The van der Waals surface area contributed by atoms with Crippen LogP contribution in [-0.4, -0.2) is 35.5 Å². The lowest BCUT2D eigenvalue weighted by Crippen LogP contribution is -2.36. The fourth-order valence-electron chi connectivity index (χ4n) is 2.96. The summed E-state index contributed by atoms with van der Waals surface area (Å²) in [5.41, 5.74) is 2.92. The van der Waals surface area contributed by atoms with Crippen molar-refractivity contribution < 1.29 is 14.3 Å². The van der Waals surface area contributed by atoms with Crippen LogP contribution in [0.5, 0.6) is 0 Å². The summed E-state index contributed by atoms with van der Waals surface area (Å²) in [5, 5.41) is 0. The number of carbonyl (C=O) groups excluding carboxylic acids is 2. The van der Waals surface area contributed by atoms with Crippen LogP contribution >= 0.6 is 0 Å². The maximum atomic E-state index is 12.6. The molecule has 1 aromatic rings. The number of ketones is 1. The molecule has 1 fully saturated rings. The standard InChI is InChI=1S/C19H27NO3/c1-13-7-6-8-14(2)16(13)11-17(21)15-9-10-20(12-15)18(22)23-19(3,4)5/h6-8,15H,9-12H2,1-5H3. The Morgan fingerprint density at radius 2 is 1.83 bits per heavy atom. The maximum Gasteiger partial charge on any atom is 0.410 e. The number of aryl methyl sites for hydroxylation is 2. The van der Waals surface area contributed by atoms with E-state index in [4.69, 9.17) is 4.74 Å². The summed E-state index contributed by atoms with van der Waals surface area (Å²) in [6, 6.07) is 6.09. The molecule has 1 atom stereocenters. The van der Waals surface area contributed by atoms with Crippen LogP contribution in [0, 0.1) is 19.8 Å². The molecule has 0 saturated carbocycles. The van der Waals surface area contributed by atoms with Crippen molar-refractivity contribution in [2.45, 2.75) is 53.1 Å². The van der Waals surface area contributed by atoms with E-state index in [0.717, 1.165) is 23.1 Å². The second kappa shape index (κ2) is 6.73. The molecule has 4 nitrogen and oxygen atoms in total. The number of rotatable bonds is 3. The second-order valence-electron chi connectivity index (χ2n) is 7.43. The topological polar surface area (TPSA) is 46.6 Å². The van der Waals surface area contributed by atoms with Gasteiger partial charge in [-0.05, 0) is 57.7 Å². The van der Waals surface area contributed by atoms with Gasteiger partial charge in [0, 0.05) is 25.4 Å². The van der Waals surface area contributed by atoms with Crippen molar-refractivity contribution in [3.8, 4) is 0 Å². The fraction of sp³-hybridized carbons (Fsp3) is 0.579. The van der Waals surface area contributed by atoms with E-state index in [1.165, 1.54) is 0 Å². The molecule has 1 unspecified atom stereocenters. The minimum atomic E-state index is -0.503. The maximum absolute atomic E-state index is 12.6. The predicted octanol–water partition coefficient (Wildman–Crippen LogP) is 3.67. The van der Waals surface area contributed by atoms with Crippen molar-refractivity contribution in [1.29, 1.82) is 0 Å². The van der Waals surface area contributed by atoms with E-state index in [1.54, 1.807) is 4.90 Å². The predicted molar refractivity (Wildman–Crippen MR) is 90.5 cm³/mol. The van der Waals surface area contributed by atoms with Gasteiger partial charge in [-0.1, -0.05) is 18.2 Å². The summed E-state index contributed by atoms with van der Waals surface area (Å²) < 4.78 is 5.38. The van der Waals surface area contributed by atoms with Crippen LogP contribution in [0.4, 0.5) is 4.79 Å². The number of likely N-dealkylation sites (tertiary alicyclic amines) is 1. The zero-order valence-electron chi connectivity index (χ0n) is 14.8. The highest BCUT2D eigenvalue weighted by Gasteiger charge is 2.33. The molecule has 0 bridgehead atoms. The van der Waals surface area contributed by atoms with Gasteiger partial charge in [-0.25, -0.2) is 4.79 Å². The van der Waals surface area contributed by atoms with Gasteiger partial charge in [0.15, 0.2) is 0 Å². The molecule has 1 aliphatic heterocycles. The minimum absolute atomic E-state index is 0.0819. The Morgan fingerprint density at radius 3 is 2.39 bits per heavy atom. The van der Waals surface area contributed by atoms with Crippen LogP contribution in [0.25, 0.3) is 0 Å². The van der Waals surface area contributed by atoms with Gasteiger partial charge in [-0.15, -0.1) is 0 Å². The summed E-state index contributed by atoms with van der Waals surface area (Å²) in [4.78, 5) is 26.3. The van der Waals surface area contributed by atoms with E-state index >= 15 is 0 Å². The minimum Gasteiger partial charge on any atom is -0.444 e. The van der Waals surface area contributed by atoms with E-state index in [1.807, 2.05) is 52.8 Å². The van der Waals surface area contributed by atoms with E-state index in [9.17, 15) is 9.59 Å². The number of hydrogen-bond donors (Lipinski definition) is 0. The smallest absolute Gasteiger partial charge is 0.410 e. The molecule has 1 saturated heterocycles. The van der Waals surface area contributed by atoms with Crippen molar-refractivity contribution in [1.82, 2.24) is 4.90 Å². The van der Waals surface area contributed by atoms with Crippen LogP contribution in [0.2, 0.25) is 0 Å². The number of nitrogens with zero attached hydrogens (tertiary/aromatic N) is 1. The zero-order chi connectivity index (χ0) is 17.2. The molecule has 1 aliphatic rings. The average molecular weight is 317 g/mol. The van der Waals surface area contributed by atoms with Crippen LogP contribution in [0.15, 0.2) is 18.2 Å². The number of benzene rings is 1. The highest BCUT2D eigenvalue weighted by Crippen LogP contribution is 2.23. The Kier molecular flexibility index (Phi) is 5.12. The third kappa shape index (κ3) is 4.57. The van der Waals surface area contributed by atoms with Gasteiger partial charge in [-0.3, -0.25) is 4.79 Å².